The number of nitrogens with zero attached hydrogens (tertiary/aromatic N) is 4. The first-order chi connectivity index (χ1) is 11.0. The maximum Gasteiger partial charge on any atom is 0.259 e. The summed E-state index contributed by atoms with van der Waals surface area (Å²) in [7, 11) is 1.82. The molecule has 7 heteroatoms. The van der Waals surface area contributed by atoms with Gasteiger partial charge in [0, 0.05) is 38.1 Å². The van der Waals surface area contributed by atoms with E-state index in [2.05, 4.69) is 5.10 Å². The Kier molecular flexibility index (Phi) is 4.04. The standard InChI is InChI=1S/C16H20N4O3/c1-11-6-15(22)14(9-18(11)2)16(23)19-4-3-5-20-13(8-19)7-12(10-21)17-20/h6-7,9,21H,3-5,8,10H2,1-2H3. The molecule has 0 aromatic carbocycles. The van der Waals surface area contributed by atoms with E-state index < -0.39 is 0 Å². The summed E-state index contributed by atoms with van der Waals surface area (Å²) in [5.74, 6) is -0.259. The quantitative estimate of drug-likeness (QED) is 0.871. The van der Waals surface area contributed by atoms with Crippen LogP contribution in [-0.2, 0) is 26.7 Å². The molecule has 23 heavy (non-hydrogen) atoms. The Hall–Kier alpha value is -2.41. The highest BCUT2D eigenvalue weighted by Gasteiger charge is 2.23. The van der Waals surface area contributed by atoms with Gasteiger partial charge in [-0.25, -0.2) is 0 Å². The van der Waals surface area contributed by atoms with Crippen LogP contribution in [0.1, 0.15) is 33.9 Å². The summed E-state index contributed by atoms with van der Waals surface area (Å²) in [5, 5.41) is 13.5. The van der Waals surface area contributed by atoms with Gasteiger partial charge in [-0.05, 0) is 19.4 Å². The number of pyridine rings is 1. The first-order valence-electron chi connectivity index (χ1n) is 7.62. The third-order valence-electron chi connectivity index (χ3n) is 4.23. The lowest BCUT2D eigenvalue weighted by Crippen LogP contribution is -2.34. The molecule has 122 valence electrons. The molecule has 7 nitrogen and oxygen atoms in total. The van der Waals surface area contributed by atoms with Gasteiger partial charge >= 0.3 is 0 Å². The summed E-state index contributed by atoms with van der Waals surface area (Å²) in [5.41, 5.74) is 2.23. The van der Waals surface area contributed by atoms with Gasteiger partial charge in [0.25, 0.3) is 5.91 Å². The van der Waals surface area contributed by atoms with Crippen LogP contribution in [0.4, 0.5) is 0 Å². The summed E-state index contributed by atoms with van der Waals surface area (Å²) in [6.07, 6.45) is 2.36. The molecule has 2 aromatic heterocycles. The number of rotatable bonds is 2. The van der Waals surface area contributed by atoms with Gasteiger partial charge in [0.2, 0.25) is 0 Å². The summed E-state index contributed by atoms with van der Waals surface area (Å²) in [4.78, 5) is 26.6. The van der Waals surface area contributed by atoms with Crippen LogP contribution in [0.3, 0.4) is 0 Å². The third-order valence-corrected chi connectivity index (χ3v) is 4.23. The fraction of sp³-hybridized carbons (Fsp3) is 0.438. The number of aryl methyl sites for hydroxylation is 3. The molecule has 1 aliphatic heterocycles. The molecule has 2 aromatic rings. The van der Waals surface area contributed by atoms with E-state index >= 15 is 0 Å². The highest BCUT2D eigenvalue weighted by Crippen LogP contribution is 2.15. The third kappa shape index (κ3) is 2.92. The molecule has 1 N–H and O–H groups in total. The predicted molar refractivity (Wildman–Crippen MR) is 83.9 cm³/mol. The second-order valence-electron chi connectivity index (χ2n) is 5.89. The summed E-state index contributed by atoms with van der Waals surface area (Å²) < 4.78 is 3.60. The van der Waals surface area contributed by atoms with Crippen molar-refractivity contribution in [2.45, 2.75) is 33.0 Å². The van der Waals surface area contributed by atoms with Crippen LogP contribution in [0.5, 0.6) is 0 Å². The predicted octanol–water partition coefficient (Wildman–Crippen LogP) is 0.429. The van der Waals surface area contributed by atoms with Gasteiger partial charge in [0.15, 0.2) is 5.43 Å². The van der Waals surface area contributed by atoms with Crippen molar-refractivity contribution >= 4 is 5.91 Å². The van der Waals surface area contributed by atoms with E-state index in [-0.39, 0.29) is 23.5 Å². The Bertz CT molecular complexity index is 806. The van der Waals surface area contributed by atoms with Crippen molar-refractivity contribution in [3.05, 3.63) is 51.2 Å². The Morgan fingerprint density at radius 3 is 2.87 bits per heavy atom. The second-order valence-corrected chi connectivity index (χ2v) is 5.89. The van der Waals surface area contributed by atoms with Crippen LogP contribution in [-0.4, -0.2) is 36.8 Å². The smallest absolute Gasteiger partial charge is 0.259 e. The zero-order valence-corrected chi connectivity index (χ0v) is 13.3. The van der Waals surface area contributed by atoms with Gasteiger partial charge in [-0.1, -0.05) is 0 Å². The maximum absolute atomic E-state index is 12.8. The molecule has 1 amide bonds. The fourth-order valence-electron chi connectivity index (χ4n) is 2.83. The minimum absolute atomic E-state index is 0.119. The van der Waals surface area contributed by atoms with E-state index in [1.54, 1.807) is 21.7 Å². The molecule has 0 atom stereocenters. The van der Waals surface area contributed by atoms with Gasteiger partial charge in [0.1, 0.15) is 5.56 Å². The lowest BCUT2D eigenvalue weighted by molar-refractivity contribution is 0.0743. The summed E-state index contributed by atoms with van der Waals surface area (Å²) in [6, 6.07) is 3.29. The van der Waals surface area contributed by atoms with Gasteiger partial charge < -0.3 is 14.6 Å². The van der Waals surface area contributed by atoms with Crippen molar-refractivity contribution in [2.75, 3.05) is 6.54 Å². The van der Waals surface area contributed by atoms with Crippen molar-refractivity contribution in [2.24, 2.45) is 7.05 Å². The maximum atomic E-state index is 12.8. The number of carbonyl (C=O) groups is 1. The average Bonchev–Trinajstić information content (AvgIpc) is 2.81. The van der Waals surface area contributed by atoms with E-state index in [1.165, 1.54) is 6.07 Å². The first-order valence-corrected chi connectivity index (χ1v) is 7.62. The molecule has 0 radical (unpaired) electrons. The lowest BCUT2D eigenvalue weighted by atomic mass is 10.2. The molecule has 0 unspecified atom stereocenters. The zero-order valence-electron chi connectivity index (χ0n) is 13.3. The van der Waals surface area contributed by atoms with E-state index in [1.807, 2.05) is 18.7 Å². The number of aliphatic hydroxyl groups excluding tert-OH is 1. The van der Waals surface area contributed by atoms with Crippen molar-refractivity contribution in [3.8, 4) is 0 Å². The van der Waals surface area contributed by atoms with Crippen LogP contribution in [0, 0.1) is 6.92 Å². The zero-order chi connectivity index (χ0) is 16.6. The van der Waals surface area contributed by atoms with Crippen LogP contribution >= 0.6 is 0 Å². The molecular formula is C16H20N4O3. The number of carbonyl (C=O) groups excluding carboxylic acids is 1. The van der Waals surface area contributed by atoms with E-state index in [9.17, 15) is 14.7 Å². The number of hydrogen-bond donors (Lipinski definition) is 1. The van der Waals surface area contributed by atoms with Crippen LogP contribution in [0.2, 0.25) is 0 Å². The summed E-state index contributed by atoms with van der Waals surface area (Å²) >= 11 is 0. The lowest BCUT2D eigenvalue weighted by Gasteiger charge is -2.20. The number of fused-ring (bicyclic) bond motifs is 1. The topological polar surface area (TPSA) is 80.4 Å². The van der Waals surface area contributed by atoms with Gasteiger partial charge in [-0.15, -0.1) is 0 Å². The van der Waals surface area contributed by atoms with E-state index in [0.717, 1.165) is 17.8 Å². The normalized spacial score (nSPS) is 14.5. The minimum Gasteiger partial charge on any atom is -0.390 e. The van der Waals surface area contributed by atoms with Crippen LogP contribution < -0.4 is 5.43 Å². The average molecular weight is 316 g/mol. The summed E-state index contributed by atoms with van der Waals surface area (Å²) in [6.45, 7) is 3.38. The second kappa shape index (κ2) is 6.00. The monoisotopic (exact) mass is 316 g/mol. The molecule has 0 fully saturated rings. The Balaban J connectivity index is 1.91. The van der Waals surface area contributed by atoms with Crippen molar-refractivity contribution in [1.29, 1.82) is 0 Å². The highest BCUT2D eigenvalue weighted by molar-refractivity contribution is 5.93. The van der Waals surface area contributed by atoms with Crippen LogP contribution in [0.25, 0.3) is 0 Å². The molecule has 0 spiro atoms. The number of amides is 1. The fourth-order valence-corrected chi connectivity index (χ4v) is 2.83. The molecule has 1 aliphatic rings. The first kappa shape index (κ1) is 15.5. The minimum atomic E-state index is -0.259. The molecular weight excluding hydrogens is 296 g/mol. The molecule has 0 bridgehead atoms. The largest absolute Gasteiger partial charge is 0.390 e. The molecule has 0 saturated heterocycles. The molecule has 3 rings (SSSR count). The molecule has 0 aliphatic carbocycles. The number of aliphatic hydroxyl groups is 1. The Labute approximate surface area is 133 Å². The van der Waals surface area contributed by atoms with E-state index in [0.29, 0.717) is 25.3 Å². The molecule has 0 saturated carbocycles. The van der Waals surface area contributed by atoms with Gasteiger partial charge in [-0.3, -0.25) is 14.3 Å². The molecule has 3 heterocycles. The SMILES string of the molecule is Cc1cc(=O)c(C(=O)N2CCCn3nc(CO)cc3C2)cn1C. The number of aromatic nitrogens is 3. The van der Waals surface area contributed by atoms with Gasteiger partial charge in [-0.2, -0.15) is 5.10 Å². The van der Waals surface area contributed by atoms with Gasteiger partial charge in [0.05, 0.1) is 24.5 Å². The van der Waals surface area contributed by atoms with Crippen LogP contribution in [0.15, 0.2) is 23.1 Å². The van der Waals surface area contributed by atoms with E-state index in [4.69, 9.17) is 0 Å². The van der Waals surface area contributed by atoms with Crippen molar-refractivity contribution < 1.29 is 9.90 Å². The Morgan fingerprint density at radius 2 is 2.13 bits per heavy atom. The highest BCUT2D eigenvalue weighted by atomic mass is 16.3. The number of hydrogen-bond acceptors (Lipinski definition) is 4. The van der Waals surface area contributed by atoms with Crippen molar-refractivity contribution in [3.63, 3.8) is 0 Å². The Morgan fingerprint density at radius 1 is 1.35 bits per heavy atom. The van der Waals surface area contributed by atoms with Crippen molar-refractivity contribution in [1.82, 2.24) is 19.2 Å².